The highest BCUT2D eigenvalue weighted by Crippen LogP contribution is 2.41. The highest BCUT2D eigenvalue weighted by Gasteiger charge is 2.34. The predicted octanol–water partition coefficient (Wildman–Crippen LogP) is 8.41. The maximum atomic E-state index is 13.0. The zero-order valence-corrected chi connectivity index (χ0v) is 21.5. The molecule has 15 heteroatoms. The van der Waals surface area contributed by atoms with Gasteiger partial charge in [0.2, 0.25) is 5.88 Å². The van der Waals surface area contributed by atoms with Crippen LogP contribution in [0.3, 0.4) is 0 Å². The van der Waals surface area contributed by atoms with E-state index >= 15 is 0 Å². The van der Waals surface area contributed by atoms with Gasteiger partial charge in [-0.15, -0.1) is 26.3 Å². The van der Waals surface area contributed by atoms with Crippen molar-refractivity contribution in [2.24, 2.45) is 0 Å². The van der Waals surface area contributed by atoms with Gasteiger partial charge in [0.15, 0.2) is 0 Å². The van der Waals surface area contributed by atoms with Gasteiger partial charge in [0, 0.05) is 17.4 Å². The molecule has 42 heavy (non-hydrogen) atoms. The summed E-state index contributed by atoms with van der Waals surface area (Å²) >= 11 is 0. The smallest absolute Gasteiger partial charge is 0.493 e. The quantitative estimate of drug-likeness (QED) is 0.207. The minimum Gasteiger partial charge on any atom is -0.493 e. The number of alkyl halides is 9. The number of rotatable bonds is 7. The number of halogens is 9. The highest BCUT2D eigenvalue weighted by molar-refractivity contribution is 5.75. The molecule has 0 saturated carbocycles. The van der Waals surface area contributed by atoms with Crippen molar-refractivity contribution in [2.45, 2.75) is 38.3 Å². The molecule has 0 atom stereocenters. The molecule has 2 heterocycles. The number of anilines is 1. The van der Waals surface area contributed by atoms with E-state index in [4.69, 9.17) is 0 Å². The SMILES string of the molecule is CC(C)(Nc1cc(-c2cccc(OC(F)(F)F)c2)n(-c2ccc(OC(F)(F)F)cc2)c1O)c1ccc(C(F)(F)F)nc1. The van der Waals surface area contributed by atoms with Gasteiger partial charge in [0.1, 0.15) is 17.2 Å². The number of nitrogens with zero attached hydrogens (tertiary/aromatic N) is 2. The molecular weight excluding hydrogens is 585 g/mol. The van der Waals surface area contributed by atoms with Gasteiger partial charge in [-0.2, -0.15) is 13.2 Å². The monoisotopic (exact) mass is 605 g/mol. The second-order valence-electron chi connectivity index (χ2n) is 9.40. The summed E-state index contributed by atoms with van der Waals surface area (Å²) in [6.07, 6.45) is -13.6. The third-order valence-corrected chi connectivity index (χ3v) is 5.89. The van der Waals surface area contributed by atoms with Crippen molar-refractivity contribution in [3.8, 4) is 34.3 Å². The third-order valence-electron chi connectivity index (χ3n) is 5.89. The van der Waals surface area contributed by atoms with Crippen LogP contribution in [0.2, 0.25) is 0 Å². The standard InChI is InChI=1S/C27H20F9N3O3/c1-24(2,16-6-11-22(37-14-16)25(28,29)30)38-20-13-21(15-4-3-5-19(12-15)42-27(34,35)36)39(23(20)40)17-7-9-18(10-8-17)41-26(31,32)33/h3-14,38,40H,1-2H3. The summed E-state index contributed by atoms with van der Waals surface area (Å²) in [4.78, 5) is 3.44. The maximum absolute atomic E-state index is 13.0. The third kappa shape index (κ3) is 7.19. The van der Waals surface area contributed by atoms with Gasteiger partial charge in [-0.3, -0.25) is 9.55 Å². The fraction of sp³-hybridized carbons (Fsp3) is 0.222. The van der Waals surface area contributed by atoms with Crippen LogP contribution in [-0.2, 0) is 11.7 Å². The molecule has 0 aliphatic heterocycles. The summed E-state index contributed by atoms with van der Waals surface area (Å²) in [5, 5.41) is 14.2. The molecule has 0 amide bonds. The first-order chi connectivity index (χ1) is 19.3. The summed E-state index contributed by atoms with van der Waals surface area (Å²) < 4.78 is 124. The first-order valence-electron chi connectivity index (χ1n) is 11.8. The highest BCUT2D eigenvalue weighted by atomic mass is 19.4. The molecule has 2 N–H and O–H groups in total. The number of benzene rings is 2. The molecule has 0 spiro atoms. The van der Waals surface area contributed by atoms with Crippen LogP contribution in [0.1, 0.15) is 25.1 Å². The molecule has 0 aliphatic rings. The second-order valence-corrected chi connectivity index (χ2v) is 9.40. The Morgan fingerprint density at radius 1 is 0.762 bits per heavy atom. The zero-order chi connectivity index (χ0) is 31.1. The molecule has 0 saturated heterocycles. The van der Waals surface area contributed by atoms with Crippen molar-refractivity contribution in [2.75, 3.05) is 5.32 Å². The number of aromatic hydroxyl groups is 1. The number of ether oxygens (including phenoxy) is 2. The van der Waals surface area contributed by atoms with Crippen molar-refractivity contribution in [1.82, 2.24) is 9.55 Å². The van der Waals surface area contributed by atoms with E-state index < -0.39 is 47.5 Å². The van der Waals surface area contributed by atoms with Crippen LogP contribution in [0.15, 0.2) is 72.9 Å². The predicted molar refractivity (Wildman–Crippen MR) is 132 cm³/mol. The summed E-state index contributed by atoms with van der Waals surface area (Å²) in [6, 6.07) is 12.4. The van der Waals surface area contributed by atoms with Gasteiger partial charge in [-0.25, -0.2) is 0 Å². The number of hydrogen-bond donors (Lipinski definition) is 2. The van der Waals surface area contributed by atoms with Crippen LogP contribution in [0.4, 0.5) is 45.2 Å². The molecule has 0 unspecified atom stereocenters. The van der Waals surface area contributed by atoms with Crippen LogP contribution < -0.4 is 14.8 Å². The zero-order valence-electron chi connectivity index (χ0n) is 21.5. The second kappa shape index (κ2) is 10.7. The minimum absolute atomic E-state index is 0.00680. The van der Waals surface area contributed by atoms with Gasteiger partial charge in [-0.05, 0) is 67.9 Å². The summed E-state index contributed by atoms with van der Waals surface area (Å²) in [7, 11) is 0. The van der Waals surface area contributed by atoms with Gasteiger partial charge in [0.25, 0.3) is 0 Å². The normalized spacial score (nSPS) is 12.7. The molecule has 2 aromatic carbocycles. The lowest BCUT2D eigenvalue weighted by Gasteiger charge is -2.27. The Bertz CT molecular complexity index is 1540. The first-order valence-corrected chi connectivity index (χ1v) is 11.8. The molecular formula is C27H20F9N3O3. The summed E-state index contributed by atoms with van der Waals surface area (Å²) in [5.74, 6) is -1.65. The minimum atomic E-state index is -5.00. The maximum Gasteiger partial charge on any atom is 0.573 e. The molecule has 2 aromatic heterocycles. The number of pyridine rings is 1. The van der Waals surface area contributed by atoms with Crippen LogP contribution in [0, 0.1) is 0 Å². The van der Waals surface area contributed by atoms with Crippen LogP contribution in [0.5, 0.6) is 17.4 Å². The molecule has 0 radical (unpaired) electrons. The van der Waals surface area contributed by atoms with Crippen molar-refractivity contribution >= 4 is 5.69 Å². The van der Waals surface area contributed by atoms with Gasteiger partial charge < -0.3 is 19.9 Å². The Hall–Kier alpha value is -4.56. The van der Waals surface area contributed by atoms with E-state index in [0.29, 0.717) is 5.56 Å². The van der Waals surface area contributed by atoms with Crippen LogP contribution in [-0.4, -0.2) is 27.4 Å². The molecule has 224 valence electrons. The number of aromatic nitrogens is 2. The number of hydrogen-bond acceptors (Lipinski definition) is 5. The topological polar surface area (TPSA) is 68.5 Å². The van der Waals surface area contributed by atoms with E-state index in [1.165, 1.54) is 36.4 Å². The molecule has 4 aromatic rings. The van der Waals surface area contributed by atoms with E-state index in [2.05, 4.69) is 19.8 Å². The molecule has 0 bridgehead atoms. The van der Waals surface area contributed by atoms with Gasteiger partial charge >= 0.3 is 18.9 Å². The van der Waals surface area contributed by atoms with E-state index in [0.717, 1.165) is 41.1 Å². The van der Waals surface area contributed by atoms with Gasteiger partial charge in [-0.1, -0.05) is 18.2 Å². The van der Waals surface area contributed by atoms with E-state index in [9.17, 15) is 44.6 Å². The van der Waals surface area contributed by atoms with Crippen molar-refractivity contribution in [3.63, 3.8) is 0 Å². The lowest BCUT2D eigenvalue weighted by atomic mass is 9.95. The molecule has 0 aliphatic carbocycles. The van der Waals surface area contributed by atoms with E-state index in [-0.39, 0.29) is 22.6 Å². The Balaban J connectivity index is 1.78. The first kappa shape index (κ1) is 30.4. The lowest BCUT2D eigenvalue weighted by Crippen LogP contribution is -2.28. The fourth-order valence-electron chi connectivity index (χ4n) is 4.06. The van der Waals surface area contributed by atoms with E-state index in [1.54, 1.807) is 13.8 Å². The largest absolute Gasteiger partial charge is 0.573 e. The van der Waals surface area contributed by atoms with Gasteiger partial charge in [0.05, 0.1) is 16.9 Å². The van der Waals surface area contributed by atoms with E-state index in [1.807, 2.05) is 0 Å². The Labute approximate surface area is 231 Å². The fourth-order valence-corrected chi connectivity index (χ4v) is 4.06. The Morgan fingerprint density at radius 3 is 1.93 bits per heavy atom. The van der Waals surface area contributed by atoms with Crippen molar-refractivity contribution < 1.29 is 54.1 Å². The van der Waals surface area contributed by atoms with Crippen LogP contribution in [0.25, 0.3) is 16.9 Å². The molecule has 0 fully saturated rings. The average molecular weight is 605 g/mol. The average Bonchev–Trinajstić information content (AvgIpc) is 3.17. The van der Waals surface area contributed by atoms with Crippen molar-refractivity contribution in [3.05, 3.63) is 84.2 Å². The van der Waals surface area contributed by atoms with Crippen LogP contribution >= 0.6 is 0 Å². The van der Waals surface area contributed by atoms with Crippen molar-refractivity contribution in [1.29, 1.82) is 0 Å². The molecule has 6 nitrogen and oxygen atoms in total. The Morgan fingerprint density at radius 2 is 1.38 bits per heavy atom. The Kier molecular flexibility index (Phi) is 7.74. The summed E-state index contributed by atoms with van der Waals surface area (Å²) in [5.41, 5.74) is -1.67. The lowest BCUT2D eigenvalue weighted by molar-refractivity contribution is -0.275. The summed E-state index contributed by atoms with van der Waals surface area (Å²) in [6.45, 7) is 3.16. The number of nitrogens with one attached hydrogen (secondary N) is 1. The molecule has 4 rings (SSSR count).